The number of nitrogens with one attached hydrogen (secondary N) is 1. The summed E-state index contributed by atoms with van der Waals surface area (Å²) in [6, 6.07) is 1.78. The number of primary sulfonamides is 1. The number of hydrogen-bond acceptors (Lipinski definition) is 3. The third kappa shape index (κ3) is 5.34. The molecule has 0 unspecified atom stereocenters. The Morgan fingerprint density at radius 2 is 1.86 bits per heavy atom. The highest BCUT2D eigenvalue weighted by molar-refractivity contribution is 7.89. The molecule has 0 aromatic heterocycles. The molecule has 0 saturated carbocycles. The topological polar surface area (TPSA) is 89.3 Å². The number of benzene rings is 1. The molecule has 0 spiro atoms. The molecular weight excluding hydrogens is 356 g/mol. The Morgan fingerprint density at radius 3 is 2.33 bits per heavy atom. The summed E-state index contributed by atoms with van der Waals surface area (Å²) in [6.45, 7) is -0.685. The Balaban J connectivity index is 3.02. The van der Waals surface area contributed by atoms with Gasteiger partial charge in [-0.05, 0) is 12.1 Å². The molecule has 0 aliphatic rings. The third-order valence-corrected chi connectivity index (χ3v) is 3.96. The number of alkyl halides is 3. The van der Waals surface area contributed by atoms with Gasteiger partial charge in [0.2, 0.25) is 10.0 Å². The van der Waals surface area contributed by atoms with E-state index in [2.05, 4.69) is 0 Å². The summed E-state index contributed by atoms with van der Waals surface area (Å²) < 4.78 is 58.4. The van der Waals surface area contributed by atoms with Crippen LogP contribution in [0.2, 0.25) is 10.0 Å². The fraction of sp³-hybridized carbons (Fsp3) is 0.300. The monoisotopic (exact) mass is 364 g/mol. The molecule has 11 heteroatoms. The fourth-order valence-corrected chi connectivity index (χ4v) is 2.35. The summed E-state index contributed by atoms with van der Waals surface area (Å²) in [6.07, 6.45) is -5.67. The Labute approximate surface area is 128 Å². The van der Waals surface area contributed by atoms with E-state index in [1.54, 1.807) is 0 Å². The van der Waals surface area contributed by atoms with E-state index in [9.17, 15) is 26.4 Å². The zero-order valence-corrected chi connectivity index (χ0v) is 12.5. The van der Waals surface area contributed by atoms with Gasteiger partial charge in [0.05, 0.1) is 26.9 Å². The summed E-state index contributed by atoms with van der Waals surface area (Å²) in [5.41, 5.74) is -0.379. The van der Waals surface area contributed by atoms with E-state index in [1.807, 2.05) is 5.32 Å². The predicted molar refractivity (Wildman–Crippen MR) is 70.8 cm³/mol. The van der Waals surface area contributed by atoms with Gasteiger partial charge in [0.15, 0.2) is 0 Å². The minimum atomic E-state index is -4.43. The van der Waals surface area contributed by atoms with Crippen LogP contribution in [-0.2, 0) is 10.0 Å². The molecule has 0 heterocycles. The molecular formula is C10H9Cl2F3N2O3S. The molecule has 0 saturated heterocycles. The van der Waals surface area contributed by atoms with Crippen LogP contribution in [-0.4, -0.2) is 27.0 Å². The predicted octanol–water partition coefficient (Wildman–Crippen LogP) is 2.32. The number of halogens is 5. The maximum Gasteiger partial charge on any atom is 0.390 e. The van der Waals surface area contributed by atoms with Gasteiger partial charge < -0.3 is 5.32 Å². The van der Waals surface area contributed by atoms with E-state index >= 15 is 0 Å². The van der Waals surface area contributed by atoms with Crippen LogP contribution in [0.1, 0.15) is 16.8 Å². The molecule has 0 aliphatic carbocycles. The van der Waals surface area contributed by atoms with Gasteiger partial charge in [0.1, 0.15) is 0 Å². The van der Waals surface area contributed by atoms with E-state index < -0.39 is 40.0 Å². The maximum absolute atomic E-state index is 12.0. The van der Waals surface area contributed by atoms with Gasteiger partial charge in [-0.15, -0.1) is 0 Å². The van der Waals surface area contributed by atoms with Crippen LogP contribution in [0, 0.1) is 0 Å². The zero-order chi connectivity index (χ0) is 16.4. The van der Waals surface area contributed by atoms with E-state index in [4.69, 9.17) is 28.3 Å². The first-order valence-corrected chi connectivity index (χ1v) is 7.59. The van der Waals surface area contributed by atoms with Crippen LogP contribution in [0.25, 0.3) is 0 Å². The van der Waals surface area contributed by atoms with Crippen molar-refractivity contribution in [2.24, 2.45) is 5.14 Å². The number of nitrogens with two attached hydrogens (primary N) is 1. The lowest BCUT2D eigenvalue weighted by Crippen LogP contribution is -2.28. The van der Waals surface area contributed by atoms with Gasteiger partial charge >= 0.3 is 6.18 Å². The Morgan fingerprint density at radius 1 is 1.29 bits per heavy atom. The summed E-state index contributed by atoms with van der Waals surface area (Å²) in [5.74, 6) is -0.989. The minimum Gasteiger partial charge on any atom is -0.352 e. The molecule has 0 radical (unpaired) electrons. The Bertz CT molecular complexity index is 662. The highest BCUT2D eigenvalue weighted by atomic mass is 35.5. The van der Waals surface area contributed by atoms with Crippen LogP contribution in [0.3, 0.4) is 0 Å². The summed E-state index contributed by atoms with van der Waals surface area (Å²) >= 11 is 11.4. The van der Waals surface area contributed by atoms with Gasteiger partial charge in [0, 0.05) is 6.54 Å². The van der Waals surface area contributed by atoms with Gasteiger partial charge in [-0.1, -0.05) is 23.2 Å². The van der Waals surface area contributed by atoms with Crippen molar-refractivity contribution in [1.82, 2.24) is 5.32 Å². The van der Waals surface area contributed by atoms with Crippen LogP contribution >= 0.6 is 23.2 Å². The number of rotatable bonds is 4. The van der Waals surface area contributed by atoms with Gasteiger partial charge in [0.25, 0.3) is 5.91 Å². The van der Waals surface area contributed by atoms with E-state index in [0.717, 1.165) is 12.1 Å². The van der Waals surface area contributed by atoms with E-state index in [-0.39, 0.29) is 15.6 Å². The second kappa shape index (κ2) is 6.39. The lowest BCUT2D eigenvalue weighted by Gasteiger charge is -2.10. The molecule has 1 aromatic carbocycles. The first-order valence-electron chi connectivity index (χ1n) is 5.28. The number of hydrogen-bond donors (Lipinski definition) is 2. The maximum atomic E-state index is 12.0. The molecule has 0 bridgehead atoms. The lowest BCUT2D eigenvalue weighted by molar-refractivity contribution is -0.132. The average molecular weight is 365 g/mol. The number of carbonyl (C=O) groups excluding carboxylic acids is 1. The molecule has 0 fully saturated rings. The quantitative estimate of drug-likeness (QED) is 0.858. The van der Waals surface area contributed by atoms with Crippen LogP contribution < -0.4 is 10.5 Å². The highest BCUT2D eigenvalue weighted by Gasteiger charge is 2.27. The summed E-state index contributed by atoms with van der Waals surface area (Å²) in [5, 5.41) is 6.31. The van der Waals surface area contributed by atoms with E-state index in [0.29, 0.717) is 0 Å². The molecule has 5 nitrogen and oxygen atoms in total. The molecule has 21 heavy (non-hydrogen) atoms. The van der Waals surface area contributed by atoms with Crippen molar-refractivity contribution in [2.75, 3.05) is 6.54 Å². The molecule has 1 rings (SSSR count). The van der Waals surface area contributed by atoms with Crippen LogP contribution in [0.15, 0.2) is 17.0 Å². The SMILES string of the molecule is NS(=O)(=O)c1cc(Cl)c(Cl)c(C(=O)NCCC(F)(F)F)c1. The number of carbonyl (C=O) groups is 1. The second-order valence-corrected chi connectivity index (χ2v) is 6.28. The molecule has 3 N–H and O–H groups in total. The van der Waals surface area contributed by atoms with E-state index in [1.165, 1.54) is 0 Å². The standard InChI is InChI=1S/C10H9Cl2F3N2O3S/c11-7-4-5(21(16,19)20)3-6(8(7)12)9(18)17-2-1-10(13,14)15/h3-4H,1-2H2,(H,17,18)(H2,16,19,20). The van der Waals surface area contributed by atoms with Crippen molar-refractivity contribution in [2.45, 2.75) is 17.5 Å². The largest absolute Gasteiger partial charge is 0.390 e. The van der Waals surface area contributed by atoms with Gasteiger partial charge in [-0.2, -0.15) is 13.2 Å². The van der Waals surface area contributed by atoms with Crippen molar-refractivity contribution < 1.29 is 26.4 Å². The van der Waals surface area contributed by atoms with Crippen molar-refractivity contribution in [3.63, 3.8) is 0 Å². The molecule has 1 amide bonds. The third-order valence-electron chi connectivity index (χ3n) is 2.27. The highest BCUT2D eigenvalue weighted by Crippen LogP contribution is 2.29. The van der Waals surface area contributed by atoms with Crippen molar-refractivity contribution in [1.29, 1.82) is 0 Å². The fourth-order valence-electron chi connectivity index (χ4n) is 1.31. The number of sulfonamides is 1. The van der Waals surface area contributed by atoms with Crippen molar-refractivity contribution in [3.8, 4) is 0 Å². The first kappa shape index (κ1) is 18.0. The molecule has 1 aromatic rings. The average Bonchev–Trinajstić information content (AvgIpc) is 2.29. The molecule has 118 valence electrons. The Kier molecular flexibility index (Phi) is 5.48. The minimum absolute atomic E-state index is 0.260. The summed E-state index contributed by atoms with van der Waals surface area (Å²) in [7, 11) is -4.14. The smallest absolute Gasteiger partial charge is 0.352 e. The first-order chi connectivity index (χ1) is 9.42. The second-order valence-electron chi connectivity index (χ2n) is 3.93. The molecule has 0 atom stereocenters. The van der Waals surface area contributed by atoms with Crippen molar-refractivity contribution in [3.05, 3.63) is 27.7 Å². The van der Waals surface area contributed by atoms with Crippen LogP contribution in [0.5, 0.6) is 0 Å². The lowest BCUT2D eigenvalue weighted by atomic mass is 10.2. The van der Waals surface area contributed by atoms with Crippen molar-refractivity contribution >= 4 is 39.1 Å². The van der Waals surface area contributed by atoms with Crippen LogP contribution in [0.4, 0.5) is 13.2 Å². The molecule has 0 aliphatic heterocycles. The normalized spacial score (nSPS) is 12.3. The van der Waals surface area contributed by atoms with Gasteiger partial charge in [-0.3, -0.25) is 4.79 Å². The zero-order valence-electron chi connectivity index (χ0n) is 10.2. The number of amides is 1. The van der Waals surface area contributed by atoms with Gasteiger partial charge in [-0.25, -0.2) is 13.6 Å². The Hall–Kier alpha value is -1.03. The summed E-state index contributed by atoms with van der Waals surface area (Å²) in [4.78, 5) is 11.3.